The number of urea groups is 1. The number of hydrogen-bond donors (Lipinski definition) is 2. The normalized spacial score (nSPS) is 36.4. The molecule has 3 fully saturated rings. The highest BCUT2D eigenvalue weighted by molar-refractivity contribution is 7.11. The minimum absolute atomic E-state index is 0.0316. The molecule has 2 bridgehead atoms. The molecule has 20 heavy (non-hydrogen) atoms. The van der Waals surface area contributed by atoms with Gasteiger partial charge in [0.05, 0.1) is 12.1 Å². The van der Waals surface area contributed by atoms with Crippen molar-refractivity contribution in [2.45, 2.75) is 49.7 Å². The topological polar surface area (TPSA) is 95.6 Å². The zero-order valence-corrected chi connectivity index (χ0v) is 11.8. The van der Waals surface area contributed by atoms with E-state index in [-0.39, 0.29) is 18.1 Å². The summed E-state index contributed by atoms with van der Waals surface area (Å²) in [6, 6.07) is -0.0996. The van der Waals surface area contributed by atoms with Crippen LogP contribution in [0.2, 0.25) is 0 Å². The number of aromatic nitrogens is 2. The number of amides is 2. The van der Waals surface area contributed by atoms with Crippen LogP contribution in [0.1, 0.15) is 47.7 Å². The quantitative estimate of drug-likeness (QED) is 0.796. The predicted molar refractivity (Wildman–Crippen MR) is 71.3 cm³/mol. The molecule has 0 aromatic carbocycles. The Morgan fingerprint density at radius 3 is 2.75 bits per heavy atom. The van der Waals surface area contributed by atoms with Crippen molar-refractivity contribution in [1.82, 2.24) is 20.2 Å². The molecule has 3 N–H and O–H groups in total. The fourth-order valence-electron chi connectivity index (χ4n) is 3.32. The molecule has 7 nitrogen and oxygen atoms in total. The average molecular weight is 295 g/mol. The van der Waals surface area contributed by atoms with E-state index in [1.54, 1.807) is 16.2 Å². The molecule has 0 spiro atoms. The summed E-state index contributed by atoms with van der Waals surface area (Å²) < 4.78 is 0. The van der Waals surface area contributed by atoms with E-state index in [0.29, 0.717) is 18.5 Å². The molecule has 2 atom stereocenters. The second kappa shape index (κ2) is 4.37. The second-order valence-corrected chi connectivity index (χ2v) is 6.97. The van der Waals surface area contributed by atoms with Crippen LogP contribution in [0.15, 0.2) is 0 Å². The van der Waals surface area contributed by atoms with Crippen molar-refractivity contribution in [2.75, 3.05) is 6.54 Å². The summed E-state index contributed by atoms with van der Waals surface area (Å²) in [4.78, 5) is 13.7. The first kappa shape index (κ1) is 12.5. The number of nitrogens with zero attached hydrogens (tertiary/aromatic N) is 4. The number of hydroxylamine groups is 2. The maximum Gasteiger partial charge on any atom is 0.344 e. The number of hydrogen-bond acceptors (Lipinski definition) is 6. The average Bonchev–Trinajstić information content (AvgIpc) is 2.97. The summed E-state index contributed by atoms with van der Waals surface area (Å²) in [5.74, 6) is 0.441. The molecule has 4 rings (SSSR count). The molecule has 8 heteroatoms. The van der Waals surface area contributed by atoms with Crippen molar-refractivity contribution in [3.05, 3.63) is 10.0 Å². The molecule has 1 aromatic heterocycles. The van der Waals surface area contributed by atoms with Gasteiger partial charge in [-0.1, -0.05) is 11.3 Å². The third-order valence-corrected chi connectivity index (χ3v) is 5.80. The van der Waals surface area contributed by atoms with Gasteiger partial charge in [0.25, 0.3) is 0 Å². The number of carbonyl (C=O) groups is 1. The Labute approximate surface area is 120 Å². The smallest absolute Gasteiger partial charge is 0.328 e. The molecule has 2 unspecified atom stereocenters. The lowest BCUT2D eigenvalue weighted by atomic mass is 9.81. The summed E-state index contributed by atoms with van der Waals surface area (Å²) in [6.07, 6.45) is 3.61. The first-order chi connectivity index (χ1) is 9.63. The minimum atomic E-state index is -0.306. The highest BCUT2D eigenvalue weighted by Crippen LogP contribution is 2.42. The number of nitrogens with two attached hydrogens (primary N) is 1. The van der Waals surface area contributed by atoms with Crippen molar-refractivity contribution >= 4 is 17.4 Å². The van der Waals surface area contributed by atoms with E-state index >= 15 is 0 Å². The van der Waals surface area contributed by atoms with E-state index in [1.165, 1.54) is 0 Å². The highest BCUT2D eigenvalue weighted by Gasteiger charge is 2.46. The summed E-state index contributed by atoms with van der Waals surface area (Å²) in [5, 5.41) is 21.0. The van der Waals surface area contributed by atoms with E-state index < -0.39 is 0 Å². The largest absolute Gasteiger partial charge is 0.344 e. The molecule has 0 radical (unpaired) electrons. The van der Waals surface area contributed by atoms with Gasteiger partial charge in [0.1, 0.15) is 10.0 Å². The van der Waals surface area contributed by atoms with Crippen molar-refractivity contribution in [3.8, 4) is 0 Å². The van der Waals surface area contributed by atoms with E-state index in [1.807, 2.05) is 0 Å². The van der Waals surface area contributed by atoms with E-state index in [4.69, 9.17) is 5.73 Å². The number of piperidine rings is 1. The maximum absolute atomic E-state index is 12.0. The molecule has 2 aliphatic heterocycles. The first-order valence-electron chi connectivity index (χ1n) is 7.01. The van der Waals surface area contributed by atoms with Gasteiger partial charge in [-0.2, -0.15) is 0 Å². The lowest BCUT2D eigenvalue weighted by molar-refractivity contribution is -0.0584. The van der Waals surface area contributed by atoms with Crippen molar-refractivity contribution in [1.29, 1.82) is 0 Å². The number of carbonyl (C=O) groups excluding carboxylic acids is 1. The fraction of sp³-hybridized carbons (Fsp3) is 0.750. The van der Waals surface area contributed by atoms with Crippen LogP contribution in [0.4, 0.5) is 4.79 Å². The second-order valence-electron chi connectivity index (χ2n) is 5.93. The van der Waals surface area contributed by atoms with Crippen LogP contribution in [-0.2, 0) is 0 Å². The van der Waals surface area contributed by atoms with Crippen LogP contribution in [0.25, 0.3) is 0 Å². The van der Waals surface area contributed by atoms with Gasteiger partial charge >= 0.3 is 6.03 Å². The van der Waals surface area contributed by atoms with Crippen molar-refractivity contribution < 1.29 is 10.0 Å². The van der Waals surface area contributed by atoms with Crippen LogP contribution in [0.3, 0.4) is 0 Å². The molecule has 2 saturated heterocycles. The van der Waals surface area contributed by atoms with Crippen molar-refractivity contribution in [2.24, 2.45) is 5.73 Å². The Morgan fingerprint density at radius 2 is 2.00 bits per heavy atom. The number of rotatable bonds is 2. The lowest BCUT2D eigenvalue weighted by Crippen LogP contribution is -2.34. The van der Waals surface area contributed by atoms with Gasteiger partial charge in [0.15, 0.2) is 0 Å². The lowest BCUT2D eigenvalue weighted by Gasteiger charge is -2.30. The van der Waals surface area contributed by atoms with E-state index in [9.17, 15) is 10.0 Å². The zero-order chi connectivity index (χ0) is 13.9. The Balaban J connectivity index is 1.54. The van der Waals surface area contributed by atoms with Gasteiger partial charge in [-0.05, 0) is 25.7 Å². The van der Waals surface area contributed by atoms with Gasteiger partial charge < -0.3 is 10.6 Å². The molecule has 2 amide bonds. The van der Waals surface area contributed by atoms with Crippen LogP contribution in [0, 0.1) is 0 Å². The van der Waals surface area contributed by atoms with Gasteiger partial charge in [-0.25, -0.2) is 9.86 Å². The third kappa shape index (κ3) is 1.75. The van der Waals surface area contributed by atoms with Gasteiger partial charge in [-0.15, -0.1) is 10.2 Å². The summed E-state index contributed by atoms with van der Waals surface area (Å²) >= 11 is 1.59. The van der Waals surface area contributed by atoms with E-state index in [0.717, 1.165) is 40.8 Å². The molecular formula is C12H17N5O2S. The monoisotopic (exact) mass is 295 g/mol. The van der Waals surface area contributed by atoms with Gasteiger partial charge in [0.2, 0.25) is 0 Å². The maximum atomic E-state index is 12.0. The fourth-order valence-corrected chi connectivity index (χ4v) is 4.43. The van der Waals surface area contributed by atoms with Crippen LogP contribution < -0.4 is 5.73 Å². The van der Waals surface area contributed by atoms with Crippen LogP contribution in [-0.4, -0.2) is 50.0 Å². The molecule has 108 valence electrons. The number of fused-ring (bicyclic) bond motifs is 2. The Hall–Kier alpha value is -1.25. The highest BCUT2D eigenvalue weighted by atomic mass is 32.1. The summed E-state index contributed by atoms with van der Waals surface area (Å²) in [5.41, 5.74) is 5.81. The van der Waals surface area contributed by atoms with E-state index in [2.05, 4.69) is 10.2 Å². The van der Waals surface area contributed by atoms with Crippen LogP contribution in [0.5, 0.6) is 0 Å². The molecule has 1 aliphatic carbocycles. The SMILES string of the molecule is NC1CC(c2nnc(C3CCC4CN3C(=O)N4O)s2)C1. The molecule has 1 saturated carbocycles. The van der Waals surface area contributed by atoms with Gasteiger partial charge in [0, 0.05) is 18.5 Å². The summed E-state index contributed by atoms with van der Waals surface area (Å²) in [7, 11) is 0. The zero-order valence-electron chi connectivity index (χ0n) is 11.0. The Morgan fingerprint density at radius 1 is 1.25 bits per heavy atom. The van der Waals surface area contributed by atoms with Crippen LogP contribution >= 0.6 is 11.3 Å². The molecule has 3 heterocycles. The minimum Gasteiger partial charge on any atom is -0.328 e. The molecule has 1 aromatic rings. The van der Waals surface area contributed by atoms with Gasteiger partial charge in [-0.3, -0.25) is 5.21 Å². The third-order valence-electron chi connectivity index (χ3n) is 4.61. The van der Waals surface area contributed by atoms with Crippen molar-refractivity contribution in [3.63, 3.8) is 0 Å². The summed E-state index contributed by atoms with van der Waals surface area (Å²) in [6.45, 7) is 0.587. The Bertz CT molecular complexity index is 544. The standard InChI is InChI=1S/C12H17N5O2S/c13-7-3-6(4-7)10-14-15-11(20-10)9-2-1-8-5-16(9)12(18)17(8)19/h6-9,19H,1-5,13H2. The first-order valence-corrected chi connectivity index (χ1v) is 7.82. The predicted octanol–water partition coefficient (Wildman–Crippen LogP) is 1.07. The Kier molecular flexibility index (Phi) is 2.73. The molecule has 3 aliphatic rings. The molecular weight excluding hydrogens is 278 g/mol.